The standard InChI is InChI=1S/C40H52N6O5/c1-6-7-8-9-10-22-51-32-19-17-29(18-20-32)31-24-41-36(42-25-31)30-15-13-28(14-16-30)23-34(38(48)45-21-11-12-35(45)39(49)50)44-37(47)33-26-43-46(27(33)2)40(3,4)5/h13-20,24-26,34-35,38,48H,6-12,21-23H2,1-5H3,(H,44,47)(H,49,50)/t34-,35-,38?/m0/s1. The normalized spacial score (nSPS) is 16.2. The first-order valence-corrected chi connectivity index (χ1v) is 18.1. The fourth-order valence-electron chi connectivity index (χ4n) is 6.70. The summed E-state index contributed by atoms with van der Waals surface area (Å²) in [7, 11) is 0. The van der Waals surface area contributed by atoms with Crippen molar-refractivity contribution in [2.45, 2.75) is 110 Å². The number of carboxylic acid groups (broad SMARTS) is 1. The summed E-state index contributed by atoms with van der Waals surface area (Å²) in [6.45, 7) is 11.2. The Kier molecular flexibility index (Phi) is 12.6. The Hall–Kier alpha value is -4.61. The number of nitrogens with one attached hydrogen (secondary N) is 1. The maximum Gasteiger partial charge on any atom is 0.320 e. The number of aliphatic carboxylic acids is 1. The Morgan fingerprint density at radius 3 is 2.24 bits per heavy atom. The predicted molar refractivity (Wildman–Crippen MR) is 197 cm³/mol. The highest BCUT2D eigenvalue weighted by molar-refractivity contribution is 5.95. The van der Waals surface area contributed by atoms with Crippen molar-refractivity contribution >= 4 is 11.9 Å². The van der Waals surface area contributed by atoms with Crippen LogP contribution in [0.5, 0.6) is 5.75 Å². The van der Waals surface area contributed by atoms with Gasteiger partial charge in [0.25, 0.3) is 5.91 Å². The summed E-state index contributed by atoms with van der Waals surface area (Å²) in [5.74, 6) is 0.0769. The number of aromatic nitrogens is 4. The number of nitrogens with zero attached hydrogens (tertiary/aromatic N) is 5. The molecule has 272 valence electrons. The first kappa shape index (κ1) is 37.6. The fourth-order valence-corrected chi connectivity index (χ4v) is 6.70. The van der Waals surface area contributed by atoms with Gasteiger partial charge in [-0.2, -0.15) is 5.10 Å². The molecule has 0 spiro atoms. The molecule has 5 rings (SSSR count). The van der Waals surface area contributed by atoms with E-state index in [0.717, 1.165) is 41.0 Å². The lowest BCUT2D eigenvalue weighted by Gasteiger charge is -2.33. The van der Waals surface area contributed by atoms with Gasteiger partial charge in [0.05, 0.1) is 29.9 Å². The van der Waals surface area contributed by atoms with Crippen molar-refractivity contribution in [2.75, 3.05) is 13.2 Å². The number of hydrogen-bond donors (Lipinski definition) is 3. The van der Waals surface area contributed by atoms with Gasteiger partial charge in [0.2, 0.25) is 0 Å². The molecule has 4 aromatic rings. The van der Waals surface area contributed by atoms with Crippen molar-refractivity contribution in [1.82, 2.24) is 30.0 Å². The second-order valence-electron chi connectivity index (χ2n) is 14.4. The van der Waals surface area contributed by atoms with E-state index in [1.807, 2.05) is 76.2 Å². The van der Waals surface area contributed by atoms with Gasteiger partial charge in [-0.15, -0.1) is 0 Å². The molecular formula is C40H52N6O5. The molecular weight excluding hydrogens is 644 g/mol. The highest BCUT2D eigenvalue weighted by Crippen LogP contribution is 2.26. The monoisotopic (exact) mass is 696 g/mol. The Morgan fingerprint density at radius 2 is 1.61 bits per heavy atom. The van der Waals surface area contributed by atoms with E-state index >= 15 is 0 Å². The summed E-state index contributed by atoms with van der Waals surface area (Å²) < 4.78 is 7.70. The van der Waals surface area contributed by atoms with Crippen molar-refractivity contribution in [3.63, 3.8) is 0 Å². The topological polar surface area (TPSA) is 143 Å². The van der Waals surface area contributed by atoms with Gasteiger partial charge in [0.15, 0.2) is 5.82 Å². The molecule has 3 N–H and O–H groups in total. The second-order valence-corrected chi connectivity index (χ2v) is 14.4. The Labute approximate surface area is 301 Å². The molecule has 0 radical (unpaired) electrons. The minimum atomic E-state index is -1.21. The zero-order valence-electron chi connectivity index (χ0n) is 30.5. The zero-order chi connectivity index (χ0) is 36.5. The number of unbranched alkanes of at least 4 members (excludes halogenated alkanes) is 4. The Bertz CT molecular complexity index is 1730. The van der Waals surface area contributed by atoms with Crippen LogP contribution in [0.1, 0.15) is 94.3 Å². The van der Waals surface area contributed by atoms with E-state index in [1.54, 1.807) is 22.0 Å². The summed E-state index contributed by atoms with van der Waals surface area (Å²) >= 11 is 0. The van der Waals surface area contributed by atoms with Gasteiger partial charge in [0, 0.05) is 35.8 Å². The van der Waals surface area contributed by atoms with Crippen LogP contribution in [0, 0.1) is 6.92 Å². The second kappa shape index (κ2) is 17.1. The van der Waals surface area contributed by atoms with E-state index in [0.29, 0.717) is 36.5 Å². The van der Waals surface area contributed by atoms with E-state index in [1.165, 1.54) is 31.9 Å². The van der Waals surface area contributed by atoms with Crippen LogP contribution in [0.2, 0.25) is 0 Å². The van der Waals surface area contributed by atoms with Gasteiger partial charge < -0.3 is 20.3 Å². The number of amides is 1. The summed E-state index contributed by atoms with van der Waals surface area (Å²) in [6, 6.07) is 14.1. The number of aliphatic hydroxyl groups excluding tert-OH is 1. The smallest absolute Gasteiger partial charge is 0.320 e. The number of carbonyl (C=O) groups is 2. The average Bonchev–Trinajstić information content (AvgIpc) is 3.77. The van der Waals surface area contributed by atoms with E-state index < -0.39 is 24.3 Å². The quantitative estimate of drug-likeness (QED) is 0.110. The van der Waals surface area contributed by atoms with Gasteiger partial charge in [-0.1, -0.05) is 69.0 Å². The maximum atomic E-state index is 13.6. The molecule has 0 aliphatic carbocycles. The van der Waals surface area contributed by atoms with E-state index in [-0.39, 0.29) is 17.9 Å². The highest BCUT2D eigenvalue weighted by Gasteiger charge is 2.39. The highest BCUT2D eigenvalue weighted by atomic mass is 16.5. The number of benzene rings is 2. The number of rotatable bonds is 16. The summed E-state index contributed by atoms with van der Waals surface area (Å²) in [4.78, 5) is 36.4. The molecule has 3 atom stereocenters. The molecule has 2 aromatic heterocycles. The number of aliphatic hydroxyl groups is 1. The molecule has 2 aromatic carbocycles. The maximum absolute atomic E-state index is 13.6. The Morgan fingerprint density at radius 1 is 0.941 bits per heavy atom. The van der Waals surface area contributed by atoms with Gasteiger partial charge in [-0.05, 0) is 76.6 Å². The third-order valence-electron chi connectivity index (χ3n) is 9.51. The molecule has 1 fully saturated rings. The molecule has 1 unspecified atom stereocenters. The first-order valence-electron chi connectivity index (χ1n) is 18.1. The number of hydrogen-bond acceptors (Lipinski definition) is 8. The molecule has 11 heteroatoms. The summed E-state index contributed by atoms with van der Waals surface area (Å²) in [6.07, 6.45) is 11.3. The van der Waals surface area contributed by atoms with Crippen molar-refractivity contribution in [3.8, 4) is 28.3 Å². The molecule has 1 saturated heterocycles. The predicted octanol–water partition coefficient (Wildman–Crippen LogP) is 6.63. The molecule has 1 aliphatic rings. The molecule has 11 nitrogen and oxygen atoms in total. The van der Waals surface area contributed by atoms with Crippen molar-refractivity contribution < 1.29 is 24.5 Å². The van der Waals surface area contributed by atoms with Crippen LogP contribution < -0.4 is 10.1 Å². The molecule has 1 amide bonds. The lowest BCUT2D eigenvalue weighted by Crippen LogP contribution is -2.55. The van der Waals surface area contributed by atoms with E-state index in [2.05, 4.69) is 27.3 Å². The summed E-state index contributed by atoms with van der Waals surface area (Å²) in [5.41, 5.74) is 4.39. The lowest BCUT2D eigenvalue weighted by molar-refractivity contribution is -0.147. The van der Waals surface area contributed by atoms with Gasteiger partial charge in [-0.25, -0.2) is 9.97 Å². The lowest BCUT2D eigenvalue weighted by atomic mass is 10.0. The van der Waals surface area contributed by atoms with Crippen LogP contribution in [0.3, 0.4) is 0 Å². The van der Waals surface area contributed by atoms with Crippen molar-refractivity contribution in [2.24, 2.45) is 0 Å². The minimum Gasteiger partial charge on any atom is -0.494 e. The van der Waals surface area contributed by atoms with E-state index in [9.17, 15) is 19.8 Å². The van der Waals surface area contributed by atoms with Crippen LogP contribution in [0.25, 0.3) is 22.5 Å². The van der Waals surface area contributed by atoms with Crippen molar-refractivity contribution in [1.29, 1.82) is 0 Å². The molecule has 3 heterocycles. The largest absolute Gasteiger partial charge is 0.494 e. The number of likely N-dealkylation sites (tertiary alicyclic amines) is 1. The van der Waals surface area contributed by atoms with E-state index in [4.69, 9.17) is 4.74 Å². The van der Waals surface area contributed by atoms with Gasteiger partial charge in [0.1, 0.15) is 18.0 Å². The summed E-state index contributed by atoms with van der Waals surface area (Å²) in [5, 5.41) is 28.8. The fraction of sp³-hybridized carbons (Fsp3) is 0.475. The molecule has 0 bridgehead atoms. The average molecular weight is 697 g/mol. The van der Waals surface area contributed by atoms with Crippen molar-refractivity contribution in [3.05, 3.63) is 83.9 Å². The molecule has 1 aliphatic heterocycles. The number of ether oxygens (including phenoxy) is 1. The SMILES string of the molecule is CCCCCCCOc1ccc(-c2cnc(-c3ccc(C[C@H](NC(=O)c4cnn(C(C)(C)C)c4C)C(O)N4CCC[C@H]4C(=O)O)cc3)nc2)cc1. The minimum absolute atomic E-state index is 0.279. The third kappa shape index (κ3) is 9.59. The molecule has 0 saturated carbocycles. The van der Waals surface area contributed by atoms with Crippen LogP contribution in [0.4, 0.5) is 0 Å². The van der Waals surface area contributed by atoms with Crippen LogP contribution in [-0.2, 0) is 16.8 Å². The first-order chi connectivity index (χ1) is 24.5. The number of carboxylic acids is 1. The van der Waals surface area contributed by atoms with Crippen LogP contribution in [0.15, 0.2) is 67.1 Å². The van der Waals surface area contributed by atoms with Gasteiger partial charge in [-0.3, -0.25) is 19.2 Å². The molecule has 51 heavy (non-hydrogen) atoms. The van der Waals surface area contributed by atoms with Gasteiger partial charge >= 0.3 is 5.97 Å². The van der Waals surface area contributed by atoms with Crippen LogP contribution in [-0.4, -0.2) is 78.2 Å². The third-order valence-corrected chi connectivity index (χ3v) is 9.51. The number of carbonyl (C=O) groups excluding carboxylic acids is 1. The van der Waals surface area contributed by atoms with Crippen LogP contribution >= 0.6 is 0 Å². The zero-order valence-corrected chi connectivity index (χ0v) is 30.5. The Balaban J connectivity index is 1.26.